The van der Waals surface area contributed by atoms with Crippen LogP contribution in [0.25, 0.3) is 0 Å². The van der Waals surface area contributed by atoms with Gasteiger partial charge in [0.15, 0.2) is 0 Å². The topological polar surface area (TPSA) is 109 Å². The normalized spacial score (nSPS) is 13.1. The third-order valence-corrected chi connectivity index (χ3v) is 4.19. The minimum atomic E-state index is -1.03. The van der Waals surface area contributed by atoms with Crippen LogP contribution in [0.3, 0.4) is 0 Å². The van der Waals surface area contributed by atoms with Gasteiger partial charge in [0.05, 0.1) is 12.0 Å². The van der Waals surface area contributed by atoms with Gasteiger partial charge in [-0.2, -0.15) is 0 Å². The summed E-state index contributed by atoms with van der Waals surface area (Å²) in [6.45, 7) is 0. The third kappa shape index (κ3) is 2.93. The Morgan fingerprint density at radius 2 is 2.00 bits per heavy atom. The summed E-state index contributed by atoms with van der Waals surface area (Å²) in [5.41, 5.74) is 6.68. The summed E-state index contributed by atoms with van der Waals surface area (Å²) in [4.78, 5) is 34.6. The molecule has 2 amide bonds. The molecule has 0 spiro atoms. The maximum Gasteiger partial charge on any atom is 0.303 e. The van der Waals surface area contributed by atoms with E-state index in [4.69, 9.17) is 10.8 Å². The first-order chi connectivity index (χ1) is 8.99. The Morgan fingerprint density at radius 1 is 1.26 bits per heavy atom. The third-order valence-electron chi connectivity index (χ3n) is 2.99. The monoisotopic (exact) mass is 282 g/mol. The Morgan fingerprint density at radius 3 is 2.63 bits per heavy atom. The number of aliphatic carboxylic acids is 1. The van der Waals surface area contributed by atoms with Crippen LogP contribution in [-0.2, 0) is 22.4 Å². The summed E-state index contributed by atoms with van der Waals surface area (Å²) in [7, 11) is 0. The second-order valence-corrected chi connectivity index (χ2v) is 5.47. The number of rotatable bonds is 5. The molecule has 1 aliphatic rings. The van der Waals surface area contributed by atoms with Gasteiger partial charge in [-0.15, -0.1) is 11.3 Å². The second-order valence-electron chi connectivity index (χ2n) is 4.37. The molecule has 0 bridgehead atoms. The SMILES string of the molecule is NC(=O)c1c(NC(=O)CCC(=O)O)sc2c1CCC2. The van der Waals surface area contributed by atoms with E-state index in [0.29, 0.717) is 10.6 Å². The lowest BCUT2D eigenvalue weighted by atomic mass is 10.1. The molecule has 7 heteroatoms. The van der Waals surface area contributed by atoms with E-state index in [2.05, 4.69) is 5.32 Å². The van der Waals surface area contributed by atoms with E-state index in [9.17, 15) is 14.4 Å². The van der Waals surface area contributed by atoms with Crippen LogP contribution in [0.5, 0.6) is 0 Å². The van der Waals surface area contributed by atoms with Gasteiger partial charge in [-0.25, -0.2) is 0 Å². The molecule has 0 aliphatic heterocycles. The minimum absolute atomic E-state index is 0.115. The Hall–Kier alpha value is -1.89. The van der Waals surface area contributed by atoms with Crippen LogP contribution in [0, 0.1) is 0 Å². The number of nitrogens with two attached hydrogens (primary N) is 1. The molecule has 19 heavy (non-hydrogen) atoms. The molecule has 0 aromatic carbocycles. The number of carbonyl (C=O) groups is 3. The number of carboxylic acids is 1. The number of hydrogen-bond acceptors (Lipinski definition) is 4. The number of carboxylic acid groups (broad SMARTS) is 1. The van der Waals surface area contributed by atoms with Crippen molar-refractivity contribution in [3.05, 3.63) is 16.0 Å². The second kappa shape index (κ2) is 5.40. The molecule has 1 aromatic heterocycles. The number of fused-ring (bicyclic) bond motifs is 1. The Labute approximate surface area is 113 Å². The number of nitrogens with one attached hydrogen (secondary N) is 1. The average Bonchev–Trinajstić information content (AvgIpc) is 2.85. The van der Waals surface area contributed by atoms with Crippen LogP contribution in [0.4, 0.5) is 5.00 Å². The summed E-state index contributed by atoms with van der Waals surface area (Å²) in [6, 6.07) is 0. The molecule has 1 aromatic rings. The van der Waals surface area contributed by atoms with Gasteiger partial charge in [0.2, 0.25) is 5.91 Å². The van der Waals surface area contributed by atoms with Crippen LogP contribution in [0.15, 0.2) is 0 Å². The van der Waals surface area contributed by atoms with E-state index in [-0.39, 0.29) is 12.8 Å². The van der Waals surface area contributed by atoms with Crippen LogP contribution < -0.4 is 11.1 Å². The maximum absolute atomic E-state index is 11.6. The number of amides is 2. The predicted molar refractivity (Wildman–Crippen MR) is 70.4 cm³/mol. The fraction of sp³-hybridized carbons (Fsp3) is 0.417. The number of hydrogen-bond donors (Lipinski definition) is 3. The summed E-state index contributed by atoms with van der Waals surface area (Å²) in [5, 5.41) is 11.6. The molecule has 0 fully saturated rings. The summed E-state index contributed by atoms with van der Waals surface area (Å²) < 4.78 is 0. The highest BCUT2D eigenvalue weighted by molar-refractivity contribution is 7.17. The molecule has 0 saturated carbocycles. The van der Waals surface area contributed by atoms with Crippen molar-refractivity contribution in [1.82, 2.24) is 0 Å². The lowest BCUT2D eigenvalue weighted by molar-refractivity contribution is -0.138. The van der Waals surface area contributed by atoms with Crippen LogP contribution in [0.2, 0.25) is 0 Å². The Balaban J connectivity index is 2.14. The Bertz CT molecular complexity index is 550. The standard InChI is InChI=1S/C12H14N2O4S/c13-11(18)10-6-2-1-3-7(6)19-12(10)14-8(15)4-5-9(16)17/h1-5H2,(H2,13,18)(H,14,15)(H,16,17). The fourth-order valence-corrected chi connectivity index (χ4v) is 3.47. The van der Waals surface area contributed by atoms with Gasteiger partial charge in [0.25, 0.3) is 5.91 Å². The van der Waals surface area contributed by atoms with E-state index in [1.165, 1.54) is 11.3 Å². The molecule has 0 unspecified atom stereocenters. The fourth-order valence-electron chi connectivity index (χ4n) is 2.16. The lowest BCUT2D eigenvalue weighted by Gasteiger charge is -2.04. The quantitative estimate of drug-likeness (QED) is 0.752. The van der Waals surface area contributed by atoms with Crippen molar-refractivity contribution in [2.45, 2.75) is 32.1 Å². The average molecular weight is 282 g/mol. The van der Waals surface area contributed by atoms with Gasteiger partial charge in [0.1, 0.15) is 5.00 Å². The van der Waals surface area contributed by atoms with Crippen molar-refractivity contribution in [1.29, 1.82) is 0 Å². The zero-order valence-electron chi connectivity index (χ0n) is 10.2. The number of primary amides is 1. The van der Waals surface area contributed by atoms with Gasteiger partial charge in [0, 0.05) is 11.3 Å². The molecule has 1 heterocycles. The van der Waals surface area contributed by atoms with E-state index in [1.54, 1.807) is 0 Å². The van der Waals surface area contributed by atoms with Crippen molar-refractivity contribution in [3.8, 4) is 0 Å². The van der Waals surface area contributed by atoms with E-state index in [1.807, 2.05) is 0 Å². The van der Waals surface area contributed by atoms with E-state index < -0.39 is 17.8 Å². The van der Waals surface area contributed by atoms with Gasteiger partial charge < -0.3 is 16.2 Å². The van der Waals surface area contributed by atoms with Gasteiger partial charge in [-0.3, -0.25) is 14.4 Å². The summed E-state index contributed by atoms with van der Waals surface area (Å²) >= 11 is 1.36. The lowest BCUT2D eigenvalue weighted by Crippen LogP contribution is -2.18. The number of carbonyl (C=O) groups excluding carboxylic acids is 2. The highest BCUT2D eigenvalue weighted by Crippen LogP contribution is 2.38. The molecule has 102 valence electrons. The number of anilines is 1. The summed E-state index contributed by atoms with van der Waals surface area (Å²) in [5.74, 6) is -1.99. The largest absolute Gasteiger partial charge is 0.481 e. The molecule has 2 rings (SSSR count). The molecule has 0 radical (unpaired) electrons. The molecule has 0 atom stereocenters. The molecule has 6 nitrogen and oxygen atoms in total. The first-order valence-corrected chi connectivity index (χ1v) is 6.76. The molecule has 4 N–H and O–H groups in total. The molecular weight excluding hydrogens is 268 g/mol. The van der Waals surface area contributed by atoms with Crippen LogP contribution in [0.1, 0.15) is 40.1 Å². The van der Waals surface area contributed by atoms with Gasteiger partial charge in [-0.1, -0.05) is 0 Å². The van der Waals surface area contributed by atoms with Gasteiger partial charge >= 0.3 is 5.97 Å². The van der Waals surface area contributed by atoms with Crippen LogP contribution in [-0.4, -0.2) is 22.9 Å². The van der Waals surface area contributed by atoms with E-state index in [0.717, 1.165) is 29.7 Å². The van der Waals surface area contributed by atoms with Crippen molar-refractivity contribution in [2.24, 2.45) is 5.73 Å². The molecule has 0 saturated heterocycles. The first-order valence-electron chi connectivity index (χ1n) is 5.95. The van der Waals surface area contributed by atoms with E-state index >= 15 is 0 Å². The van der Waals surface area contributed by atoms with Gasteiger partial charge in [-0.05, 0) is 24.8 Å². The van der Waals surface area contributed by atoms with Crippen molar-refractivity contribution in [2.75, 3.05) is 5.32 Å². The zero-order chi connectivity index (χ0) is 14.0. The van der Waals surface area contributed by atoms with Crippen LogP contribution >= 0.6 is 11.3 Å². The van der Waals surface area contributed by atoms with Crippen molar-refractivity contribution >= 4 is 34.1 Å². The van der Waals surface area contributed by atoms with Crippen molar-refractivity contribution < 1.29 is 19.5 Å². The molecular formula is C12H14N2O4S. The molecule has 1 aliphatic carbocycles. The Kier molecular flexibility index (Phi) is 3.84. The van der Waals surface area contributed by atoms with Crippen molar-refractivity contribution in [3.63, 3.8) is 0 Å². The highest BCUT2D eigenvalue weighted by Gasteiger charge is 2.26. The zero-order valence-corrected chi connectivity index (χ0v) is 11.0. The number of aryl methyl sites for hydroxylation is 1. The summed E-state index contributed by atoms with van der Waals surface area (Å²) in [6.07, 6.45) is 2.34. The predicted octanol–water partition coefficient (Wildman–Crippen LogP) is 1.14. The number of thiophene rings is 1. The maximum atomic E-state index is 11.6. The minimum Gasteiger partial charge on any atom is -0.481 e. The first kappa shape index (κ1) is 13.5. The highest BCUT2D eigenvalue weighted by atomic mass is 32.1. The smallest absolute Gasteiger partial charge is 0.303 e.